The van der Waals surface area contributed by atoms with Crippen LogP contribution in [-0.4, -0.2) is 71.2 Å². The SMILES string of the molecule is Cc1cccc(F)c1C(=O)N1CCC[C@@]2(CN(CC3CCC3)CC[C@H]2O)C1.O=CO. The second kappa shape index (κ2) is 9.88. The van der Waals surface area contributed by atoms with Crippen molar-refractivity contribution < 1.29 is 24.2 Å². The number of piperidine rings is 2. The van der Waals surface area contributed by atoms with Crippen molar-refractivity contribution in [1.82, 2.24) is 9.80 Å². The van der Waals surface area contributed by atoms with E-state index in [9.17, 15) is 14.3 Å². The highest BCUT2D eigenvalue weighted by Crippen LogP contribution is 2.40. The molecule has 30 heavy (non-hydrogen) atoms. The third-order valence-corrected chi connectivity index (χ3v) is 7.04. The van der Waals surface area contributed by atoms with Gasteiger partial charge in [0.25, 0.3) is 12.4 Å². The molecule has 6 nitrogen and oxygen atoms in total. The Morgan fingerprint density at radius 1 is 1.23 bits per heavy atom. The number of halogens is 1. The fourth-order valence-corrected chi connectivity index (χ4v) is 5.23. The van der Waals surface area contributed by atoms with E-state index in [2.05, 4.69) is 4.90 Å². The molecular formula is C23H33FN2O4. The summed E-state index contributed by atoms with van der Waals surface area (Å²) in [6, 6.07) is 4.78. The minimum Gasteiger partial charge on any atom is -0.483 e. The second-order valence-corrected chi connectivity index (χ2v) is 9.07. The molecule has 1 amide bonds. The molecule has 7 heteroatoms. The average molecular weight is 421 g/mol. The van der Waals surface area contributed by atoms with E-state index in [-0.39, 0.29) is 29.5 Å². The van der Waals surface area contributed by atoms with Gasteiger partial charge in [0.15, 0.2) is 0 Å². The monoisotopic (exact) mass is 420 g/mol. The number of likely N-dealkylation sites (tertiary alicyclic amines) is 2. The van der Waals surface area contributed by atoms with Gasteiger partial charge in [-0.25, -0.2) is 4.39 Å². The van der Waals surface area contributed by atoms with Gasteiger partial charge in [-0.05, 0) is 56.6 Å². The molecule has 0 radical (unpaired) electrons. The minimum atomic E-state index is -0.449. The van der Waals surface area contributed by atoms with E-state index >= 15 is 0 Å². The number of benzene rings is 1. The number of carbonyl (C=O) groups excluding carboxylic acids is 1. The van der Waals surface area contributed by atoms with Gasteiger partial charge in [0, 0.05) is 38.1 Å². The Kier molecular flexibility index (Phi) is 7.47. The molecule has 166 valence electrons. The molecular weight excluding hydrogens is 387 g/mol. The van der Waals surface area contributed by atoms with Crippen LogP contribution in [0.25, 0.3) is 0 Å². The number of amides is 1. The smallest absolute Gasteiger partial charge is 0.290 e. The van der Waals surface area contributed by atoms with Crippen LogP contribution in [0.1, 0.15) is 54.4 Å². The molecule has 3 fully saturated rings. The first-order valence-corrected chi connectivity index (χ1v) is 10.9. The Hall–Kier alpha value is -1.99. The van der Waals surface area contributed by atoms with Crippen molar-refractivity contribution in [3.05, 3.63) is 35.1 Å². The van der Waals surface area contributed by atoms with Gasteiger partial charge in [-0.15, -0.1) is 0 Å². The van der Waals surface area contributed by atoms with E-state index in [4.69, 9.17) is 9.90 Å². The topological polar surface area (TPSA) is 81.1 Å². The summed E-state index contributed by atoms with van der Waals surface area (Å²) >= 11 is 0. The summed E-state index contributed by atoms with van der Waals surface area (Å²) in [5, 5.41) is 17.7. The molecule has 0 unspecified atom stereocenters. The quantitative estimate of drug-likeness (QED) is 0.735. The summed E-state index contributed by atoms with van der Waals surface area (Å²) in [6.45, 7) is 5.62. The van der Waals surface area contributed by atoms with E-state index in [0.717, 1.165) is 44.8 Å². The average Bonchev–Trinajstić information content (AvgIpc) is 2.68. The van der Waals surface area contributed by atoms with E-state index < -0.39 is 5.82 Å². The van der Waals surface area contributed by atoms with Gasteiger partial charge in [-0.2, -0.15) is 0 Å². The Balaban J connectivity index is 0.000000806. The van der Waals surface area contributed by atoms with Crippen LogP contribution in [0.5, 0.6) is 0 Å². The molecule has 4 rings (SSSR count). The van der Waals surface area contributed by atoms with E-state index in [1.807, 2.05) is 0 Å². The molecule has 1 aliphatic carbocycles. The molecule has 0 bridgehead atoms. The normalized spacial score (nSPS) is 27.2. The zero-order valence-corrected chi connectivity index (χ0v) is 17.7. The Morgan fingerprint density at radius 3 is 2.60 bits per heavy atom. The van der Waals surface area contributed by atoms with Crippen molar-refractivity contribution in [1.29, 1.82) is 0 Å². The summed E-state index contributed by atoms with van der Waals surface area (Å²) in [7, 11) is 0. The molecule has 0 aromatic heterocycles. The molecule has 2 heterocycles. The van der Waals surface area contributed by atoms with Crippen LogP contribution in [0.4, 0.5) is 4.39 Å². The van der Waals surface area contributed by atoms with Crippen LogP contribution in [-0.2, 0) is 4.79 Å². The lowest BCUT2D eigenvalue weighted by Crippen LogP contribution is -2.60. The first kappa shape index (κ1) is 22.7. The summed E-state index contributed by atoms with van der Waals surface area (Å²) in [6.07, 6.45) is 6.19. The Bertz CT molecular complexity index is 734. The van der Waals surface area contributed by atoms with Crippen LogP contribution < -0.4 is 0 Å². The maximum absolute atomic E-state index is 14.3. The summed E-state index contributed by atoms with van der Waals surface area (Å²) in [5.74, 6) is 0.128. The van der Waals surface area contributed by atoms with Crippen LogP contribution in [0.3, 0.4) is 0 Å². The fraction of sp³-hybridized carbons (Fsp3) is 0.652. The molecule has 1 aromatic carbocycles. The van der Waals surface area contributed by atoms with E-state index in [1.165, 1.54) is 25.3 Å². The zero-order valence-electron chi connectivity index (χ0n) is 17.7. The number of hydrogen-bond acceptors (Lipinski definition) is 4. The lowest BCUT2D eigenvalue weighted by Gasteiger charge is -2.52. The van der Waals surface area contributed by atoms with Gasteiger partial charge >= 0.3 is 0 Å². The van der Waals surface area contributed by atoms with Crippen molar-refractivity contribution in [2.45, 2.75) is 51.6 Å². The molecule has 1 saturated carbocycles. The number of aliphatic hydroxyl groups excluding tert-OH is 1. The predicted octanol–water partition coefficient (Wildman–Crippen LogP) is 2.92. The fourth-order valence-electron chi connectivity index (χ4n) is 5.23. The zero-order chi connectivity index (χ0) is 21.7. The molecule has 2 saturated heterocycles. The van der Waals surface area contributed by atoms with Crippen molar-refractivity contribution in [2.24, 2.45) is 11.3 Å². The summed E-state index contributed by atoms with van der Waals surface area (Å²) in [5.41, 5.74) is 0.594. The largest absolute Gasteiger partial charge is 0.483 e. The number of carbonyl (C=O) groups is 2. The minimum absolute atomic E-state index is 0.186. The predicted molar refractivity (Wildman–Crippen MR) is 112 cm³/mol. The van der Waals surface area contributed by atoms with Crippen molar-refractivity contribution in [3.8, 4) is 0 Å². The maximum Gasteiger partial charge on any atom is 0.290 e. The number of hydrogen-bond donors (Lipinski definition) is 2. The van der Waals surface area contributed by atoms with Gasteiger partial charge in [0.1, 0.15) is 5.82 Å². The van der Waals surface area contributed by atoms with Crippen molar-refractivity contribution in [2.75, 3.05) is 32.7 Å². The number of aliphatic hydroxyl groups is 1. The summed E-state index contributed by atoms with van der Waals surface area (Å²) < 4.78 is 14.3. The van der Waals surface area contributed by atoms with E-state index in [1.54, 1.807) is 24.0 Å². The highest BCUT2D eigenvalue weighted by Gasteiger charge is 2.47. The highest BCUT2D eigenvalue weighted by atomic mass is 19.1. The number of carboxylic acid groups (broad SMARTS) is 1. The maximum atomic E-state index is 14.3. The second-order valence-electron chi connectivity index (χ2n) is 9.07. The van der Waals surface area contributed by atoms with Crippen LogP contribution in [0.15, 0.2) is 18.2 Å². The van der Waals surface area contributed by atoms with Crippen molar-refractivity contribution >= 4 is 12.4 Å². The first-order valence-electron chi connectivity index (χ1n) is 10.9. The highest BCUT2D eigenvalue weighted by molar-refractivity contribution is 5.96. The Morgan fingerprint density at radius 2 is 1.97 bits per heavy atom. The van der Waals surface area contributed by atoms with Gasteiger partial charge in [0.05, 0.1) is 11.7 Å². The molecule has 2 atom stereocenters. The molecule has 3 aliphatic rings. The number of rotatable bonds is 3. The lowest BCUT2D eigenvalue weighted by atomic mass is 9.71. The third kappa shape index (κ3) is 4.83. The number of nitrogens with zero attached hydrogens (tertiary/aromatic N) is 2. The first-order chi connectivity index (χ1) is 14.4. The number of aryl methyl sites for hydroxylation is 1. The van der Waals surface area contributed by atoms with Crippen LogP contribution in [0.2, 0.25) is 0 Å². The van der Waals surface area contributed by atoms with Gasteiger partial charge < -0.3 is 20.0 Å². The van der Waals surface area contributed by atoms with Crippen LogP contribution >= 0.6 is 0 Å². The van der Waals surface area contributed by atoms with Gasteiger partial charge in [0.2, 0.25) is 0 Å². The summed E-state index contributed by atoms with van der Waals surface area (Å²) in [4.78, 5) is 25.7. The van der Waals surface area contributed by atoms with E-state index in [0.29, 0.717) is 18.7 Å². The van der Waals surface area contributed by atoms with Crippen molar-refractivity contribution in [3.63, 3.8) is 0 Å². The van der Waals surface area contributed by atoms with Crippen LogP contribution in [0, 0.1) is 24.1 Å². The molecule has 2 aliphatic heterocycles. The standard InChI is InChI=1S/C22H31FN2O2.CH2O2/c1-16-5-2-8-18(23)20(16)21(27)25-11-4-10-22(15-25)14-24(12-9-19(22)26)13-17-6-3-7-17;2-1-3/h2,5,8,17,19,26H,3-4,6-7,9-15H2,1H3;1H,(H,2,3)/t19-,22-;/m1./s1. The molecule has 1 aromatic rings. The van der Waals surface area contributed by atoms with Gasteiger partial charge in [-0.3, -0.25) is 9.59 Å². The lowest BCUT2D eigenvalue weighted by molar-refractivity contribution is -0.122. The third-order valence-electron chi connectivity index (χ3n) is 7.04. The molecule has 2 N–H and O–H groups in total. The Labute approximate surface area is 177 Å². The molecule has 1 spiro atoms. The van der Waals surface area contributed by atoms with Gasteiger partial charge in [-0.1, -0.05) is 18.6 Å².